The second-order valence-corrected chi connectivity index (χ2v) is 6.33. The van der Waals surface area contributed by atoms with Gasteiger partial charge in [0.15, 0.2) is 6.10 Å². The van der Waals surface area contributed by atoms with E-state index in [-0.39, 0.29) is 12.5 Å². The van der Waals surface area contributed by atoms with Gasteiger partial charge in [-0.05, 0) is 59.8 Å². The first-order chi connectivity index (χ1) is 11.0. The van der Waals surface area contributed by atoms with Gasteiger partial charge in [0, 0.05) is 3.57 Å². The van der Waals surface area contributed by atoms with Crippen molar-refractivity contribution in [1.82, 2.24) is 0 Å². The number of rotatable bonds is 3. The molecule has 0 bridgehead atoms. The molecule has 1 heterocycles. The van der Waals surface area contributed by atoms with Gasteiger partial charge in [-0.15, -0.1) is 0 Å². The number of carbonyl (C=O) groups is 2. The van der Waals surface area contributed by atoms with E-state index in [9.17, 15) is 9.59 Å². The number of fused-ring (bicyclic) bond motifs is 1. The van der Waals surface area contributed by atoms with Crippen LogP contribution in [0.4, 0.5) is 5.69 Å². The van der Waals surface area contributed by atoms with E-state index < -0.39 is 12.1 Å². The summed E-state index contributed by atoms with van der Waals surface area (Å²) in [6.45, 7) is 1.51. The lowest BCUT2D eigenvalue weighted by molar-refractivity contribution is -0.135. The molecule has 0 saturated heterocycles. The topological polar surface area (TPSA) is 55.8 Å². The first kappa shape index (κ1) is 15.8. The van der Waals surface area contributed by atoms with Crippen LogP contribution in [0.2, 0.25) is 0 Å². The molecule has 1 aliphatic heterocycles. The van der Waals surface area contributed by atoms with Crippen LogP contribution < -0.4 is 14.4 Å². The maximum atomic E-state index is 12.3. The van der Waals surface area contributed by atoms with Crippen molar-refractivity contribution >= 4 is 40.2 Å². The predicted molar refractivity (Wildman–Crippen MR) is 93.7 cm³/mol. The molecule has 0 aromatic heterocycles. The smallest absolute Gasteiger partial charge is 0.331 e. The Balaban J connectivity index is 1.78. The van der Waals surface area contributed by atoms with Crippen LogP contribution in [0.3, 0.4) is 0 Å². The monoisotopic (exact) mass is 423 g/mol. The summed E-state index contributed by atoms with van der Waals surface area (Å²) in [6, 6.07) is 14.3. The number of hydrogen-bond acceptors (Lipinski definition) is 4. The van der Waals surface area contributed by atoms with E-state index >= 15 is 0 Å². The largest absolute Gasteiger partial charge is 0.479 e. The van der Waals surface area contributed by atoms with Crippen LogP contribution >= 0.6 is 22.6 Å². The lowest BCUT2D eigenvalue weighted by Gasteiger charge is -2.32. The fraction of sp³-hybridized carbons (Fsp3) is 0.176. The minimum atomic E-state index is -0.629. The zero-order valence-electron chi connectivity index (χ0n) is 12.4. The Morgan fingerprint density at radius 3 is 2.83 bits per heavy atom. The van der Waals surface area contributed by atoms with Crippen molar-refractivity contribution in [3.05, 3.63) is 52.1 Å². The van der Waals surface area contributed by atoms with E-state index in [1.807, 2.05) is 18.2 Å². The fourth-order valence-electron chi connectivity index (χ4n) is 2.35. The number of nitrogens with zero attached hydrogens (tertiary/aromatic N) is 1. The summed E-state index contributed by atoms with van der Waals surface area (Å²) < 4.78 is 11.8. The van der Waals surface area contributed by atoms with Crippen LogP contribution in [0.1, 0.15) is 6.92 Å². The third-order valence-corrected chi connectivity index (χ3v) is 4.06. The number of anilines is 1. The molecule has 118 valence electrons. The first-order valence-electron chi connectivity index (χ1n) is 7.08. The van der Waals surface area contributed by atoms with E-state index in [4.69, 9.17) is 9.47 Å². The summed E-state index contributed by atoms with van der Waals surface area (Å²) in [7, 11) is 0. The molecular weight excluding hydrogens is 409 g/mol. The van der Waals surface area contributed by atoms with Gasteiger partial charge in [-0.3, -0.25) is 9.69 Å². The molecule has 5 nitrogen and oxygen atoms in total. The molecule has 1 atom stereocenters. The van der Waals surface area contributed by atoms with E-state index in [0.29, 0.717) is 17.2 Å². The summed E-state index contributed by atoms with van der Waals surface area (Å²) in [4.78, 5) is 25.9. The number of carbonyl (C=O) groups excluding carboxylic acids is 2. The van der Waals surface area contributed by atoms with E-state index in [0.717, 1.165) is 3.57 Å². The van der Waals surface area contributed by atoms with E-state index in [1.54, 1.807) is 37.3 Å². The van der Waals surface area contributed by atoms with Gasteiger partial charge in [0.25, 0.3) is 5.91 Å². The molecule has 0 N–H and O–H groups in total. The van der Waals surface area contributed by atoms with Crippen molar-refractivity contribution < 1.29 is 19.1 Å². The Morgan fingerprint density at radius 1 is 1.26 bits per heavy atom. The van der Waals surface area contributed by atoms with Crippen LogP contribution in [-0.2, 0) is 9.59 Å². The molecule has 1 amide bonds. The second kappa shape index (κ2) is 6.57. The van der Waals surface area contributed by atoms with Gasteiger partial charge in [-0.2, -0.15) is 0 Å². The first-order valence-corrected chi connectivity index (χ1v) is 8.16. The van der Waals surface area contributed by atoms with E-state index in [1.165, 1.54) is 4.90 Å². The molecule has 0 aliphatic carbocycles. The average molecular weight is 423 g/mol. The maximum absolute atomic E-state index is 12.3. The van der Waals surface area contributed by atoms with Gasteiger partial charge in [0.05, 0.1) is 5.69 Å². The lowest BCUT2D eigenvalue weighted by atomic mass is 10.2. The SMILES string of the molecule is CC1Oc2ccccc2N(CC(=O)Oc2cccc(I)c2)C1=O. The zero-order chi connectivity index (χ0) is 16.4. The molecule has 2 aromatic rings. The molecule has 1 unspecified atom stereocenters. The Labute approximate surface area is 147 Å². The minimum absolute atomic E-state index is 0.158. The molecule has 2 aromatic carbocycles. The van der Waals surface area contributed by atoms with Gasteiger partial charge >= 0.3 is 5.97 Å². The number of para-hydroxylation sites is 2. The number of benzene rings is 2. The average Bonchev–Trinajstić information content (AvgIpc) is 2.52. The van der Waals surface area contributed by atoms with Crippen LogP contribution in [0.5, 0.6) is 11.5 Å². The molecule has 1 aliphatic rings. The molecule has 0 radical (unpaired) electrons. The van der Waals surface area contributed by atoms with Gasteiger partial charge < -0.3 is 9.47 Å². The quantitative estimate of drug-likeness (QED) is 0.433. The van der Waals surface area contributed by atoms with Crippen molar-refractivity contribution in [3.8, 4) is 11.5 Å². The molecule has 3 rings (SSSR count). The second-order valence-electron chi connectivity index (χ2n) is 5.08. The predicted octanol–water partition coefficient (Wildman–Crippen LogP) is 3.01. The Hall–Kier alpha value is -2.09. The van der Waals surface area contributed by atoms with Gasteiger partial charge in [0.2, 0.25) is 0 Å². The molecule has 6 heteroatoms. The molecule has 0 saturated carbocycles. The molecule has 0 spiro atoms. The zero-order valence-corrected chi connectivity index (χ0v) is 14.5. The minimum Gasteiger partial charge on any atom is -0.479 e. The van der Waals surface area contributed by atoms with Gasteiger partial charge in [0.1, 0.15) is 18.0 Å². The third-order valence-electron chi connectivity index (χ3n) is 3.39. The Kier molecular flexibility index (Phi) is 4.51. The van der Waals surface area contributed by atoms with Crippen molar-refractivity contribution in [2.75, 3.05) is 11.4 Å². The molecular formula is C17H14INO4. The van der Waals surface area contributed by atoms with Crippen LogP contribution in [0.15, 0.2) is 48.5 Å². The summed E-state index contributed by atoms with van der Waals surface area (Å²) in [5.41, 5.74) is 0.579. The Morgan fingerprint density at radius 2 is 2.04 bits per heavy atom. The van der Waals surface area contributed by atoms with Gasteiger partial charge in [-0.1, -0.05) is 18.2 Å². The van der Waals surface area contributed by atoms with Gasteiger partial charge in [-0.25, -0.2) is 4.79 Å². The Bertz CT molecular complexity index is 762. The highest BCUT2D eigenvalue weighted by Crippen LogP contribution is 2.33. The number of halogens is 1. The molecule has 0 fully saturated rings. The normalized spacial score (nSPS) is 16.5. The van der Waals surface area contributed by atoms with Crippen LogP contribution in [0, 0.1) is 3.57 Å². The number of hydrogen-bond donors (Lipinski definition) is 0. The summed E-state index contributed by atoms with van der Waals surface area (Å²) in [5.74, 6) is 0.290. The van der Waals surface area contributed by atoms with E-state index in [2.05, 4.69) is 22.6 Å². The lowest BCUT2D eigenvalue weighted by Crippen LogP contribution is -2.47. The highest BCUT2D eigenvalue weighted by molar-refractivity contribution is 14.1. The summed E-state index contributed by atoms with van der Waals surface area (Å²) >= 11 is 2.14. The van der Waals surface area contributed by atoms with Crippen molar-refractivity contribution in [3.63, 3.8) is 0 Å². The highest BCUT2D eigenvalue weighted by Gasteiger charge is 2.32. The molecule has 23 heavy (non-hydrogen) atoms. The number of ether oxygens (including phenoxy) is 2. The van der Waals surface area contributed by atoms with Crippen LogP contribution in [-0.4, -0.2) is 24.5 Å². The highest BCUT2D eigenvalue weighted by atomic mass is 127. The fourth-order valence-corrected chi connectivity index (χ4v) is 2.86. The van der Waals surface area contributed by atoms with Crippen molar-refractivity contribution in [2.45, 2.75) is 13.0 Å². The van der Waals surface area contributed by atoms with Crippen LogP contribution in [0.25, 0.3) is 0 Å². The number of amides is 1. The maximum Gasteiger partial charge on any atom is 0.331 e. The third kappa shape index (κ3) is 3.47. The number of esters is 1. The van der Waals surface area contributed by atoms with Crippen molar-refractivity contribution in [2.24, 2.45) is 0 Å². The summed E-state index contributed by atoms with van der Waals surface area (Å²) in [6.07, 6.45) is -0.629. The standard InChI is InChI=1S/C17H14INO4/c1-11-17(21)19(14-7-2-3-8-15(14)22-11)10-16(20)23-13-6-4-5-12(18)9-13/h2-9,11H,10H2,1H3. The van der Waals surface area contributed by atoms with Crippen molar-refractivity contribution in [1.29, 1.82) is 0 Å². The summed E-state index contributed by atoms with van der Waals surface area (Å²) in [5, 5.41) is 0.